The van der Waals surface area contributed by atoms with E-state index in [0.717, 1.165) is 0 Å². The number of nitrogens with zero attached hydrogens (tertiary/aromatic N) is 1. The van der Waals surface area contributed by atoms with Crippen LogP contribution < -0.4 is 61.2 Å². The van der Waals surface area contributed by atoms with Crippen molar-refractivity contribution in [1.29, 1.82) is 0 Å². The van der Waals surface area contributed by atoms with Crippen LogP contribution in [0.3, 0.4) is 0 Å². The number of fused-ring (bicyclic) bond motifs is 2. The summed E-state index contributed by atoms with van der Waals surface area (Å²) in [5.74, 6) is -1.52. The third-order valence-electron chi connectivity index (χ3n) is 3.79. The minimum atomic E-state index is -1.32. The Kier molecular flexibility index (Phi) is 6.26. The number of carbonyl (C=O) groups is 1. The standard InChI is InChI=1S/C16H9ClFNO4.K.H2O/c17-12-14-7(6-11(22-14)16(20)21)5-9-13(19-23-15(9)12)8-3-1-2-4-10(8)18;;/h1-5,11H,6H2,(H,20,21);;1H2/q;+1;/p-1. The van der Waals surface area contributed by atoms with Gasteiger partial charge in [-0.25, -0.2) is 4.39 Å². The van der Waals surface area contributed by atoms with Crippen molar-refractivity contribution < 1.29 is 80.4 Å². The summed E-state index contributed by atoms with van der Waals surface area (Å²) in [5.41, 5.74) is 1.40. The molecule has 1 aromatic heterocycles. The van der Waals surface area contributed by atoms with E-state index in [1.54, 1.807) is 24.3 Å². The molecule has 0 radical (unpaired) electrons. The molecule has 1 aliphatic heterocycles. The van der Waals surface area contributed by atoms with Crippen molar-refractivity contribution in [2.24, 2.45) is 0 Å². The number of aromatic nitrogens is 1. The van der Waals surface area contributed by atoms with E-state index in [0.29, 0.717) is 16.6 Å². The molecule has 1 aliphatic rings. The Labute approximate surface area is 188 Å². The van der Waals surface area contributed by atoms with E-state index in [1.807, 2.05) is 0 Å². The minimum absolute atomic E-state index is 0. The number of halogens is 2. The van der Waals surface area contributed by atoms with Gasteiger partial charge in [0, 0.05) is 17.5 Å². The van der Waals surface area contributed by atoms with Gasteiger partial charge < -0.3 is 24.6 Å². The van der Waals surface area contributed by atoms with E-state index in [9.17, 15) is 14.3 Å². The molecule has 2 heterocycles. The fourth-order valence-electron chi connectivity index (χ4n) is 2.71. The molecule has 0 aliphatic carbocycles. The first-order valence-electron chi connectivity index (χ1n) is 6.79. The van der Waals surface area contributed by atoms with Gasteiger partial charge in [-0.2, -0.15) is 0 Å². The van der Waals surface area contributed by atoms with E-state index >= 15 is 0 Å². The summed E-state index contributed by atoms with van der Waals surface area (Å²) in [6.45, 7) is 0. The Bertz CT molecular complexity index is 961. The minimum Gasteiger partial charge on any atom is -0.546 e. The van der Waals surface area contributed by atoms with Gasteiger partial charge >= 0.3 is 51.4 Å². The number of hydrogen-bond donors (Lipinski definition) is 0. The van der Waals surface area contributed by atoms with Crippen molar-refractivity contribution in [1.82, 2.24) is 5.16 Å². The van der Waals surface area contributed by atoms with Crippen LogP contribution in [-0.2, 0) is 11.2 Å². The molecule has 0 spiro atoms. The number of ether oxygens (including phenoxy) is 1. The first-order valence-corrected chi connectivity index (χ1v) is 7.17. The van der Waals surface area contributed by atoms with Crippen molar-refractivity contribution >= 4 is 28.5 Å². The Morgan fingerprint density at radius 1 is 1.36 bits per heavy atom. The molecule has 2 aromatic carbocycles. The summed E-state index contributed by atoms with van der Waals surface area (Å²) in [7, 11) is 0. The maximum atomic E-state index is 14.0. The molecule has 9 heteroatoms. The molecule has 2 N–H and O–H groups in total. The second kappa shape index (κ2) is 7.71. The summed E-state index contributed by atoms with van der Waals surface area (Å²) in [5, 5.41) is 15.5. The van der Waals surface area contributed by atoms with Crippen LogP contribution in [0.1, 0.15) is 5.56 Å². The molecule has 0 bridgehead atoms. The third-order valence-corrected chi connectivity index (χ3v) is 4.14. The second-order valence-corrected chi connectivity index (χ2v) is 5.57. The normalized spacial score (nSPS) is 15.0. The van der Waals surface area contributed by atoms with E-state index in [4.69, 9.17) is 20.9 Å². The molecule has 1 atom stereocenters. The van der Waals surface area contributed by atoms with Gasteiger partial charge in [0.25, 0.3) is 0 Å². The molecule has 124 valence electrons. The van der Waals surface area contributed by atoms with Gasteiger partial charge in [-0.3, -0.25) is 0 Å². The number of hydrogen-bond acceptors (Lipinski definition) is 5. The number of aliphatic carboxylic acids is 1. The van der Waals surface area contributed by atoms with Crippen molar-refractivity contribution in [3.05, 3.63) is 46.7 Å². The molecule has 25 heavy (non-hydrogen) atoms. The molecule has 0 fully saturated rings. The molecule has 0 saturated carbocycles. The molecule has 6 nitrogen and oxygen atoms in total. The van der Waals surface area contributed by atoms with Crippen molar-refractivity contribution in [3.8, 4) is 17.0 Å². The molecular formula is C16H10ClFKNO5. The smallest absolute Gasteiger partial charge is 0.546 e. The molecule has 3 aromatic rings. The molecule has 0 amide bonds. The Morgan fingerprint density at radius 2 is 2.08 bits per heavy atom. The zero-order chi connectivity index (χ0) is 16.1. The van der Waals surface area contributed by atoms with Gasteiger partial charge in [0.2, 0.25) is 0 Å². The second-order valence-electron chi connectivity index (χ2n) is 5.20. The fourth-order valence-corrected chi connectivity index (χ4v) is 3.02. The Balaban J connectivity index is 0.00000113. The van der Waals surface area contributed by atoms with Crippen LogP contribution in [0.4, 0.5) is 4.39 Å². The summed E-state index contributed by atoms with van der Waals surface area (Å²) in [6.07, 6.45) is -0.978. The van der Waals surface area contributed by atoms with E-state index < -0.39 is 17.9 Å². The molecule has 4 rings (SSSR count). The fraction of sp³-hybridized carbons (Fsp3) is 0.125. The predicted molar refractivity (Wildman–Crippen MR) is 81.2 cm³/mol. The van der Waals surface area contributed by atoms with Crippen LogP contribution in [0.25, 0.3) is 22.2 Å². The van der Waals surface area contributed by atoms with Crippen LogP contribution in [0.15, 0.2) is 34.9 Å². The SMILES string of the molecule is O.O=C([O-])C1Cc2cc3c(-c4ccccc4F)noc3c(Cl)c2O1.[K+]. The zero-order valence-corrected chi connectivity index (χ0v) is 16.9. The van der Waals surface area contributed by atoms with E-state index in [-0.39, 0.29) is 85.2 Å². The Morgan fingerprint density at radius 3 is 2.76 bits per heavy atom. The van der Waals surface area contributed by atoms with Gasteiger partial charge in [0.1, 0.15) is 28.4 Å². The largest absolute Gasteiger partial charge is 1.00 e. The summed E-state index contributed by atoms with van der Waals surface area (Å²) in [6, 6.07) is 7.82. The number of rotatable bonds is 2. The molecule has 1 unspecified atom stereocenters. The molecule has 0 saturated heterocycles. The predicted octanol–water partition coefficient (Wildman–Crippen LogP) is -1.48. The van der Waals surface area contributed by atoms with Gasteiger partial charge in [-0.05, 0) is 18.2 Å². The summed E-state index contributed by atoms with van der Waals surface area (Å²) < 4.78 is 24.5. The summed E-state index contributed by atoms with van der Waals surface area (Å²) in [4.78, 5) is 11.0. The summed E-state index contributed by atoms with van der Waals surface area (Å²) >= 11 is 6.23. The number of benzene rings is 2. The van der Waals surface area contributed by atoms with E-state index in [2.05, 4.69) is 5.16 Å². The third kappa shape index (κ3) is 3.35. The number of carboxylic acids is 1. The quantitative estimate of drug-likeness (QED) is 0.497. The van der Waals surface area contributed by atoms with Crippen LogP contribution >= 0.6 is 11.6 Å². The van der Waals surface area contributed by atoms with Gasteiger partial charge in [-0.1, -0.05) is 28.9 Å². The average molecular weight is 390 g/mol. The van der Waals surface area contributed by atoms with Crippen LogP contribution in [0.2, 0.25) is 5.02 Å². The van der Waals surface area contributed by atoms with Crippen LogP contribution in [0.5, 0.6) is 5.75 Å². The topological polar surface area (TPSA) is 107 Å². The van der Waals surface area contributed by atoms with Gasteiger partial charge in [0.05, 0.1) is 11.4 Å². The first-order chi connectivity index (χ1) is 11.1. The maximum Gasteiger partial charge on any atom is 1.00 e. The Hall–Kier alpha value is -1.00. The zero-order valence-electron chi connectivity index (χ0n) is 13.0. The van der Waals surface area contributed by atoms with Crippen LogP contribution in [-0.4, -0.2) is 22.7 Å². The number of carboxylic acid groups (broad SMARTS) is 1. The maximum absolute atomic E-state index is 14.0. The first kappa shape index (κ1) is 20.3. The average Bonchev–Trinajstić information content (AvgIpc) is 3.13. The van der Waals surface area contributed by atoms with E-state index in [1.165, 1.54) is 6.07 Å². The van der Waals surface area contributed by atoms with Gasteiger partial charge in [0.15, 0.2) is 5.58 Å². The van der Waals surface area contributed by atoms with Crippen LogP contribution in [0, 0.1) is 5.82 Å². The van der Waals surface area contributed by atoms with Crippen molar-refractivity contribution in [2.75, 3.05) is 0 Å². The monoisotopic (exact) mass is 389 g/mol. The number of carbonyl (C=O) groups excluding carboxylic acids is 1. The molecular weight excluding hydrogens is 380 g/mol. The van der Waals surface area contributed by atoms with Gasteiger partial charge in [-0.15, -0.1) is 0 Å². The van der Waals surface area contributed by atoms with Crippen molar-refractivity contribution in [2.45, 2.75) is 12.5 Å². The van der Waals surface area contributed by atoms with Crippen molar-refractivity contribution in [3.63, 3.8) is 0 Å².